The average molecular weight is 345 g/mol. The third kappa shape index (κ3) is 4.71. The van der Waals surface area contributed by atoms with Gasteiger partial charge < -0.3 is 15.4 Å². The molecule has 1 aliphatic carbocycles. The molecule has 0 aromatic carbocycles. The highest BCUT2D eigenvalue weighted by Gasteiger charge is 2.24. The maximum Gasteiger partial charge on any atom is 0.315 e. The maximum absolute atomic E-state index is 12.0. The summed E-state index contributed by atoms with van der Waals surface area (Å²) in [6, 6.07) is 8.01. The van der Waals surface area contributed by atoms with E-state index in [1.165, 1.54) is 0 Å². The van der Waals surface area contributed by atoms with Gasteiger partial charge in [0.25, 0.3) is 0 Å². The molecule has 3 rings (SSSR count). The number of rotatable bonds is 5. The molecule has 2 amide bonds. The highest BCUT2D eigenvalue weighted by molar-refractivity contribution is 7.09. The van der Waals surface area contributed by atoms with Crippen molar-refractivity contribution in [1.82, 2.24) is 15.6 Å². The molecule has 0 atom stereocenters. The van der Waals surface area contributed by atoms with Crippen LogP contribution in [0.1, 0.15) is 36.3 Å². The van der Waals surface area contributed by atoms with Crippen molar-refractivity contribution in [2.24, 2.45) is 0 Å². The van der Waals surface area contributed by atoms with Crippen LogP contribution < -0.4 is 15.4 Å². The van der Waals surface area contributed by atoms with Crippen molar-refractivity contribution in [2.45, 2.75) is 51.3 Å². The predicted octanol–water partition coefficient (Wildman–Crippen LogP) is 3.64. The van der Waals surface area contributed by atoms with Crippen LogP contribution in [-0.2, 0) is 6.54 Å². The van der Waals surface area contributed by atoms with Crippen LogP contribution in [0.2, 0.25) is 0 Å². The number of aromatic nitrogens is 1. The fourth-order valence-corrected chi connectivity index (χ4v) is 3.56. The minimum Gasteiger partial charge on any atom is -0.489 e. The highest BCUT2D eigenvalue weighted by atomic mass is 32.1. The van der Waals surface area contributed by atoms with E-state index in [2.05, 4.69) is 15.6 Å². The summed E-state index contributed by atoms with van der Waals surface area (Å²) < 4.78 is 6.05. The predicted molar refractivity (Wildman–Crippen MR) is 95.3 cm³/mol. The van der Waals surface area contributed by atoms with E-state index in [-0.39, 0.29) is 18.2 Å². The molecule has 0 saturated heterocycles. The van der Waals surface area contributed by atoms with E-state index in [1.54, 1.807) is 17.5 Å². The first-order valence-electron chi connectivity index (χ1n) is 8.36. The number of nitrogens with zero attached hydrogens (tertiary/aromatic N) is 1. The average Bonchev–Trinajstić information content (AvgIpc) is 3.10. The van der Waals surface area contributed by atoms with Crippen LogP contribution in [0.15, 0.2) is 35.8 Å². The number of hydrogen-bond acceptors (Lipinski definition) is 4. The molecule has 2 aromatic rings. The van der Waals surface area contributed by atoms with Crippen LogP contribution in [0.5, 0.6) is 5.75 Å². The first-order chi connectivity index (χ1) is 11.7. The summed E-state index contributed by atoms with van der Waals surface area (Å²) in [4.78, 5) is 17.4. The fraction of sp³-hybridized carbons (Fsp3) is 0.444. The first-order valence-corrected chi connectivity index (χ1v) is 9.23. The van der Waals surface area contributed by atoms with Crippen LogP contribution in [0.4, 0.5) is 4.79 Å². The molecule has 0 radical (unpaired) electrons. The maximum atomic E-state index is 12.0. The lowest BCUT2D eigenvalue weighted by atomic mass is 9.93. The molecular formula is C18H23N3O2S. The number of aryl methyl sites for hydroxylation is 1. The Labute approximate surface area is 146 Å². The van der Waals surface area contributed by atoms with E-state index in [0.717, 1.165) is 42.0 Å². The Morgan fingerprint density at radius 2 is 2.12 bits per heavy atom. The number of carbonyl (C=O) groups excluding carboxylic acids is 1. The number of ether oxygens (including phenoxy) is 1. The van der Waals surface area contributed by atoms with Gasteiger partial charge in [0.2, 0.25) is 0 Å². The van der Waals surface area contributed by atoms with Crippen LogP contribution in [0.25, 0.3) is 0 Å². The van der Waals surface area contributed by atoms with Gasteiger partial charge in [0.05, 0.1) is 18.3 Å². The SMILES string of the molecule is Cc1ncccc1OC1CCC(NC(=O)NCc2cccs2)CC1. The molecule has 1 fully saturated rings. The summed E-state index contributed by atoms with van der Waals surface area (Å²) in [5.41, 5.74) is 0.922. The second-order valence-electron chi connectivity index (χ2n) is 6.08. The lowest BCUT2D eigenvalue weighted by Gasteiger charge is -2.29. The van der Waals surface area contributed by atoms with Crippen LogP contribution in [0, 0.1) is 6.92 Å². The largest absolute Gasteiger partial charge is 0.489 e. The molecule has 0 aliphatic heterocycles. The standard InChI is InChI=1S/C18H23N3O2S/c1-13-17(5-2-10-19-13)23-15-8-6-14(7-9-15)21-18(22)20-12-16-4-3-11-24-16/h2-5,10-11,14-15H,6-9,12H2,1H3,(H2,20,21,22). The van der Waals surface area contributed by atoms with E-state index < -0.39 is 0 Å². The van der Waals surface area contributed by atoms with Gasteiger partial charge >= 0.3 is 6.03 Å². The Balaban J connectivity index is 1.39. The zero-order valence-corrected chi connectivity index (χ0v) is 14.6. The topological polar surface area (TPSA) is 63.2 Å². The van der Waals surface area contributed by atoms with Gasteiger partial charge in [-0.3, -0.25) is 4.98 Å². The van der Waals surface area contributed by atoms with E-state index in [4.69, 9.17) is 4.74 Å². The molecule has 0 unspecified atom stereocenters. The Kier molecular flexibility index (Phi) is 5.69. The van der Waals surface area contributed by atoms with Gasteiger partial charge in [-0.15, -0.1) is 11.3 Å². The molecule has 2 aromatic heterocycles. The lowest BCUT2D eigenvalue weighted by molar-refractivity contribution is 0.139. The van der Waals surface area contributed by atoms with Crippen LogP contribution in [0.3, 0.4) is 0 Å². The third-order valence-corrected chi connectivity index (χ3v) is 5.14. The normalized spacial score (nSPS) is 20.4. The van der Waals surface area contributed by atoms with Crippen molar-refractivity contribution in [3.05, 3.63) is 46.4 Å². The van der Waals surface area contributed by atoms with E-state index >= 15 is 0 Å². The van der Waals surface area contributed by atoms with Crippen molar-refractivity contribution in [1.29, 1.82) is 0 Å². The number of thiophene rings is 1. The molecule has 128 valence electrons. The van der Waals surface area contributed by atoms with Gasteiger partial charge in [-0.1, -0.05) is 6.07 Å². The Bertz CT molecular complexity index is 652. The van der Waals surface area contributed by atoms with Gasteiger partial charge in [-0.25, -0.2) is 4.79 Å². The van der Waals surface area contributed by atoms with Gasteiger partial charge in [-0.2, -0.15) is 0 Å². The minimum absolute atomic E-state index is 0.0872. The molecule has 2 heterocycles. The molecule has 5 nitrogen and oxygen atoms in total. The zero-order chi connectivity index (χ0) is 16.8. The molecular weight excluding hydrogens is 322 g/mol. The molecule has 1 saturated carbocycles. The number of urea groups is 1. The van der Waals surface area contributed by atoms with Crippen molar-refractivity contribution >= 4 is 17.4 Å². The Hall–Kier alpha value is -2.08. The summed E-state index contributed by atoms with van der Waals surface area (Å²) in [5.74, 6) is 0.864. The summed E-state index contributed by atoms with van der Waals surface area (Å²) >= 11 is 1.65. The van der Waals surface area contributed by atoms with Crippen molar-refractivity contribution in [2.75, 3.05) is 0 Å². The smallest absolute Gasteiger partial charge is 0.315 e. The second-order valence-corrected chi connectivity index (χ2v) is 7.12. The second kappa shape index (κ2) is 8.15. The number of hydrogen-bond donors (Lipinski definition) is 2. The Morgan fingerprint density at radius 1 is 1.29 bits per heavy atom. The van der Waals surface area contributed by atoms with Crippen molar-refractivity contribution in [3.63, 3.8) is 0 Å². The molecule has 0 spiro atoms. The summed E-state index contributed by atoms with van der Waals surface area (Å²) in [6.45, 7) is 2.54. The summed E-state index contributed by atoms with van der Waals surface area (Å²) in [5, 5.41) is 7.99. The zero-order valence-electron chi connectivity index (χ0n) is 13.8. The van der Waals surface area contributed by atoms with Gasteiger partial charge in [-0.05, 0) is 56.2 Å². The van der Waals surface area contributed by atoms with Crippen molar-refractivity contribution < 1.29 is 9.53 Å². The fourth-order valence-electron chi connectivity index (χ4n) is 2.92. The summed E-state index contributed by atoms with van der Waals surface area (Å²) in [7, 11) is 0. The molecule has 24 heavy (non-hydrogen) atoms. The van der Waals surface area contributed by atoms with E-state index in [9.17, 15) is 4.79 Å². The van der Waals surface area contributed by atoms with E-state index in [0.29, 0.717) is 6.54 Å². The van der Waals surface area contributed by atoms with Gasteiger partial charge in [0, 0.05) is 17.1 Å². The third-order valence-electron chi connectivity index (χ3n) is 4.26. The number of amides is 2. The van der Waals surface area contributed by atoms with Crippen molar-refractivity contribution in [3.8, 4) is 5.75 Å². The van der Waals surface area contributed by atoms with Crippen LogP contribution in [-0.4, -0.2) is 23.2 Å². The Morgan fingerprint density at radius 3 is 2.83 bits per heavy atom. The van der Waals surface area contributed by atoms with Gasteiger partial charge in [0.15, 0.2) is 0 Å². The van der Waals surface area contributed by atoms with Gasteiger partial charge in [0.1, 0.15) is 5.75 Å². The number of carbonyl (C=O) groups is 1. The monoisotopic (exact) mass is 345 g/mol. The van der Waals surface area contributed by atoms with E-state index in [1.807, 2.05) is 36.6 Å². The highest BCUT2D eigenvalue weighted by Crippen LogP contribution is 2.25. The first kappa shape index (κ1) is 16.8. The molecule has 1 aliphatic rings. The lowest BCUT2D eigenvalue weighted by Crippen LogP contribution is -2.44. The molecule has 6 heteroatoms. The molecule has 0 bridgehead atoms. The summed E-state index contributed by atoms with van der Waals surface area (Å²) in [6.07, 6.45) is 5.76. The number of pyridine rings is 1. The van der Waals surface area contributed by atoms with Crippen LogP contribution >= 0.6 is 11.3 Å². The minimum atomic E-state index is -0.0872. The molecule has 2 N–H and O–H groups in total. The number of nitrogens with one attached hydrogen (secondary N) is 2. The quantitative estimate of drug-likeness (QED) is 0.869.